The number of nitrogens with zero attached hydrogens (tertiary/aromatic N) is 1. The predicted octanol–water partition coefficient (Wildman–Crippen LogP) is 2.62. The molecule has 0 unspecified atom stereocenters. The van der Waals surface area contributed by atoms with Crippen LogP contribution in [-0.2, 0) is 11.2 Å². The summed E-state index contributed by atoms with van der Waals surface area (Å²) in [6.45, 7) is 0. The van der Waals surface area contributed by atoms with Crippen molar-refractivity contribution in [1.29, 1.82) is 0 Å². The first-order chi connectivity index (χ1) is 7.74. The van der Waals surface area contributed by atoms with Gasteiger partial charge in [-0.1, -0.05) is 33.2 Å². The molecule has 0 saturated heterocycles. The average Bonchev–Trinajstić information content (AvgIpc) is 2.74. The number of carbonyl (C=O) groups excluding carboxylic acids is 1. The number of nitrogens with one attached hydrogen (secondary N) is 1. The van der Waals surface area contributed by atoms with Crippen LogP contribution in [0.1, 0.15) is 5.56 Å². The number of amides is 1. The molecule has 0 fully saturated rings. The average molecular weight is 281 g/mol. The molecule has 82 valence electrons. The van der Waals surface area contributed by atoms with E-state index < -0.39 is 0 Å². The van der Waals surface area contributed by atoms with E-state index >= 15 is 0 Å². The first kappa shape index (κ1) is 10.9. The van der Waals surface area contributed by atoms with Gasteiger partial charge < -0.3 is 9.84 Å². The van der Waals surface area contributed by atoms with E-state index in [-0.39, 0.29) is 5.91 Å². The van der Waals surface area contributed by atoms with Crippen molar-refractivity contribution >= 4 is 27.7 Å². The van der Waals surface area contributed by atoms with E-state index in [0.717, 1.165) is 10.0 Å². The Morgan fingerprint density at radius 1 is 1.31 bits per heavy atom. The standard InChI is InChI=1S/C11H9BrN2O2/c12-9-3-1-8(2-4-9)7-11(15)13-10-5-6-16-14-10/h1-6H,7H2,(H,13,14,15). The maximum absolute atomic E-state index is 11.6. The fraction of sp³-hybridized carbons (Fsp3) is 0.0909. The van der Waals surface area contributed by atoms with Crippen LogP contribution in [0.3, 0.4) is 0 Å². The third kappa shape index (κ3) is 2.93. The number of carbonyl (C=O) groups is 1. The molecule has 0 aliphatic heterocycles. The molecule has 1 aromatic heterocycles. The largest absolute Gasteiger partial charge is 0.363 e. The van der Waals surface area contributed by atoms with Crippen molar-refractivity contribution in [3.8, 4) is 0 Å². The zero-order valence-corrected chi connectivity index (χ0v) is 9.90. The molecular weight excluding hydrogens is 272 g/mol. The first-order valence-corrected chi connectivity index (χ1v) is 5.48. The van der Waals surface area contributed by atoms with Crippen LogP contribution in [0.25, 0.3) is 0 Å². The Morgan fingerprint density at radius 3 is 2.69 bits per heavy atom. The highest BCUT2D eigenvalue weighted by Gasteiger charge is 2.05. The summed E-state index contributed by atoms with van der Waals surface area (Å²) in [6, 6.07) is 9.19. The van der Waals surface area contributed by atoms with Crippen LogP contribution in [0.5, 0.6) is 0 Å². The third-order valence-corrected chi connectivity index (χ3v) is 2.51. The van der Waals surface area contributed by atoms with E-state index in [0.29, 0.717) is 12.2 Å². The summed E-state index contributed by atoms with van der Waals surface area (Å²) < 4.78 is 5.60. The summed E-state index contributed by atoms with van der Waals surface area (Å²) in [6.07, 6.45) is 1.73. The zero-order valence-electron chi connectivity index (χ0n) is 8.31. The fourth-order valence-corrected chi connectivity index (χ4v) is 1.52. The van der Waals surface area contributed by atoms with Gasteiger partial charge in [-0.05, 0) is 17.7 Å². The third-order valence-electron chi connectivity index (χ3n) is 1.98. The lowest BCUT2D eigenvalue weighted by Gasteiger charge is -2.01. The molecule has 0 aliphatic carbocycles. The van der Waals surface area contributed by atoms with Gasteiger partial charge in [0, 0.05) is 10.5 Å². The quantitative estimate of drug-likeness (QED) is 0.940. The van der Waals surface area contributed by atoms with Crippen LogP contribution in [0, 0.1) is 0 Å². The Morgan fingerprint density at radius 2 is 2.06 bits per heavy atom. The second-order valence-electron chi connectivity index (χ2n) is 3.24. The van der Waals surface area contributed by atoms with E-state index in [1.165, 1.54) is 6.26 Å². The van der Waals surface area contributed by atoms with Gasteiger partial charge >= 0.3 is 0 Å². The van der Waals surface area contributed by atoms with Crippen LogP contribution >= 0.6 is 15.9 Å². The normalized spacial score (nSPS) is 10.1. The van der Waals surface area contributed by atoms with E-state index in [1.807, 2.05) is 24.3 Å². The maximum atomic E-state index is 11.6. The molecule has 5 heteroatoms. The molecule has 0 bridgehead atoms. The minimum Gasteiger partial charge on any atom is -0.363 e. The molecule has 1 N–H and O–H groups in total. The molecule has 0 atom stereocenters. The smallest absolute Gasteiger partial charge is 0.230 e. The van der Waals surface area contributed by atoms with Crippen molar-refractivity contribution < 1.29 is 9.32 Å². The zero-order chi connectivity index (χ0) is 11.4. The fourth-order valence-electron chi connectivity index (χ4n) is 1.25. The van der Waals surface area contributed by atoms with Crippen LogP contribution in [0.15, 0.2) is 45.6 Å². The number of anilines is 1. The number of rotatable bonds is 3. The Kier molecular flexibility index (Phi) is 3.36. The van der Waals surface area contributed by atoms with E-state index in [1.54, 1.807) is 6.07 Å². The highest BCUT2D eigenvalue weighted by atomic mass is 79.9. The minimum absolute atomic E-state index is 0.115. The molecule has 1 amide bonds. The number of hydrogen-bond donors (Lipinski definition) is 1. The summed E-state index contributed by atoms with van der Waals surface area (Å²) >= 11 is 3.34. The molecule has 1 heterocycles. The number of halogens is 1. The van der Waals surface area contributed by atoms with Gasteiger partial charge in [0.2, 0.25) is 5.91 Å². The second-order valence-corrected chi connectivity index (χ2v) is 4.15. The van der Waals surface area contributed by atoms with Crippen LogP contribution in [0.4, 0.5) is 5.82 Å². The molecule has 0 radical (unpaired) electrons. The molecule has 0 aliphatic rings. The molecule has 0 saturated carbocycles. The molecule has 4 nitrogen and oxygen atoms in total. The summed E-state index contributed by atoms with van der Waals surface area (Å²) in [4.78, 5) is 11.6. The maximum Gasteiger partial charge on any atom is 0.230 e. The molecule has 0 spiro atoms. The van der Waals surface area contributed by atoms with Gasteiger partial charge in [-0.15, -0.1) is 0 Å². The summed E-state index contributed by atoms with van der Waals surface area (Å²) in [5.41, 5.74) is 0.948. The van der Waals surface area contributed by atoms with Crippen LogP contribution < -0.4 is 5.32 Å². The number of aromatic nitrogens is 1. The van der Waals surface area contributed by atoms with Crippen molar-refractivity contribution in [3.63, 3.8) is 0 Å². The summed E-state index contributed by atoms with van der Waals surface area (Å²) in [5, 5.41) is 6.23. The van der Waals surface area contributed by atoms with Crippen molar-refractivity contribution in [1.82, 2.24) is 5.16 Å². The lowest BCUT2D eigenvalue weighted by Crippen LogP contribution is -2.14. The molecule has 16 heavy (non-hydrogen) atoms. The Hall–Kier alpha value is -1.62. The lowest BCUT2D eigenvalue weighted by molar-refractivity contribution is -0.115. The van der Waals surface area contributed by atoms with Crippen molar-refractivity contribution in [3.05, 3.63) is 46.6 Å². The Labute approximate surface area is 101 Å². The topological polar surface area (TPSA) is 55.1 Å². The summed E-state index contributed by atoms with van der Waals surface area (Å²) in [5.74, 6) is 0.318. The van der Waals surface area contributed by atoms with Crippen molar-refractivity contribution in [2.75, 3.05) is 5.32 Å². The van der Waals surface area contributed by atoms with Gasteiger partial charge in [-0.2, -0.15) is 0 Å². The monoisotopic (exact) mass is 280 g/mol. The Bertz CT molecular complexity index is 465. The van der Waals surface area contributed by atoms with Gasteiger partial charge in [0.05, 0.1) is 6.42 Å². The minimum atomic E-state index is -0.115. The first-order valence-electron chi connectivity index (χ1n) is 4.69. The van der Waals surface area contributed by atoms with Crippen LogP contribution in [-0.4, -0.2) is 11.1 Å². The van der Waals surface area contributed by atoms with E-state index in [9.17, 15) is 4.79 Å². The van der Waals surface area contributed by atoms with Gasteiger partial charge in [0.1, 0.15) is 6.26 Å². The molecule has 1 aromatic carbocycles. The van der Waals surface area contributed by atoms with Crippen LogP contribution in [0.2, 0.25) is 0 Å². The predicted molar refractivity (Wildman–Crippen MR) is 63.0 cm³/mol. The van der Waals surface area contributed by atoms with Crippen molar-refractivity contribution in [2.24, 2.45) is 0 Å². The highest BCUT2D eigenvalue weighted by molar-refractivity contribution is 9.10. The van der Waals surface area contributed by atoms with Gasteiger partial charge in [-0.25, -0.2) is 0 Å². The second kappa shape index (κ2) is 4.94. The SMILES string of the molecule is O=C(Cc1ccc(Br)cc1)Nc1ccon1. The molecular formula is C11H9BrN2O2. The van der Waals surface area contributed by atoms with Crippen molar-refractivity contribution in [2.45, 2.75) is 6.42 Å². The Balaban J connectivity index is 1.95. The highest BCUT2D eigenvalue weighted by Crippen LogP contribution is 2.11. The summed E-state index contributed by atoms with van der Waals surface area (Å²) in [7, 11) is 0. The molecule has 2 rings (SSSR count). The van der Waals surface area contributed by atoms with Gasteiger partial charge in [-0.3, -0.25) is 4.79 Å². The number of hydrogen-bond acceptors (Lipinski definition) is 3. The lowest BCUT2D eigenvalue weighted by atomic mass is 10.1. The van der Waals surface area contributed by atoms with E-state index in [4.69, 9.17) is 0 Å². The van der Waals surface area contributed by atoms with Gasteiger partial charge in [0.15, 0.2) is 5.82 Å². The van der Waals surface area contributed by atoms with Gasteiger partial charge in [0.25, 0.3) is 0 Å². The van der Waals surface area contributed by atoms with E-state index in [2.05, 4.69) is 30.9 Å². The number of benzene rings is 1. The molecule has 2 aromatic rings.